The summed E-state index contributed by atoms with van der Waals surface area (Å²) in [4.78, 5) is 16.6. The molecule has 182 valence electrons. The van der Waals surface area contributed by atoms with Gasteiger partial charge in [-0.25, -0.2) is 4.79 Å². The van der Waals surface area contributed by atoms with Crippen molar-refractivity contribution in [3.63, 3.8) is 0 Å². The van der Waals surface area contributed by atoms with Crippen LogP contribution in [0.5, 0.6) is 0 Å². The zero-order valence-corrected chi connectivity index (χ0v) is 19.7. The molecule has 1 heterocycles. The molecule has 0 bridgehead atoms. The molecule has 0 spiro atoms. The van der Waals surface area contributed by atoms with Crippen LogP contribution >= 0.6 is 0 Å². The van der Waals surface area contributed by atoms with Gasteiger partial charge in [0.15, 0.2) is 0 Å². The third-order valence-corrected chi connectivity index (χ3v) is 6.63. The van der Waals surface area contributed by atoms with Gasteiger partial charge in [0.2, 0.25) is 0 Å². The Morgan fingerprint density at radius 3 is 2.14 bits per heavy atom. The van der Waals surface area contributed by atoms with Gasteiger partial charge in [-0.3, -0.25) is 4.98 Å². The van der Waals surface area contributed by atoms with Crippen molar-refractivity contribution in [2.24, 2.45) is 0 Å². The van der Waals surface area contributed by atoms with Crippen LogP contribution in [0.4, 0.5) is 4.79 Å². The van der Waals surface area contributed by atoms with Crippen LogP contribution in [0.1, 0.15) is 35.1 Å². The van der Waals surface area contributed by atoms with Crippen molar-refractivity contribution in [2.45, 2.75) is 24.5 Å². The van der Waals surface area contributed by atoms with E-state index in [1.54, 1.807) is 18.3 Å². The summed E-state index contributed by atoms with van der Waals surface area (Å²) in [5.74, 6) is -0.00961. The summed E-state index contributed by atoms with van der Waals surface area (Å²) < 4.78 is 5.52. The standard InChI is InChI=1S/C30H28N2O4/c33-28(29(34)21-14-12-20(13-15-21)27-11-5-6-17-31-27)16-18-32-30(35)36-19-26-24-9-3-1-7-22(24)23-8-2-4-10-25(23)26/h1-15,17,26,28-29,33-34H,16,18-19H2,(H,32,35). The third-order valence-electron chi connectivity index (χ3n) is 6.63. The first-order valence-corrected chi connectivity index (χ1v) is 12.1. The van der Waals surface area contributed by atoms with Gasteiger partial charge in [0.05, 0.1) is 11.8 Å². The molecule has 0 saturated heterocycles. The Balaban J connectivity index is 1.10. The lowest BCUT2D eigenvalue weighted by Gasteiger charge is -2.19. The second kappa shape index (κ2) is 10.7. The van der Waals surface area contributed by atoms with E-state index in [1.165, 1.54) is 11.1 Å². The van der Waals surface area contributed by atoms with Crippen LogP contribution in [0.2, 0.25) is 0 Å². The van der Waals surface area contributed by atoms with Crippen molar-refractivity contribution in [1.29, 1.82) is 0 Å². The number of carbonyl (C=O) groups is 1. The van der Waals surface area contributed by atoms with Gasteiger partial charge in [0, 0.05) is 24.2 Å². The molecule has 0 aliphatic heterocycles. The first-order valence-electron chi connectivity index (χ1n) is 12.1. The summed E-state index contributed by atoms with van der Waals surface area (Å²) in [7, 11) is 0. The van der Waals surface area contributed by atoms with Crippen molar-refractivity contribution in [3.8, 4) is 22.4 Å². The van der Waals surface area contributed by atoms with Gasteiger partial charge in [-0.2, -0.15) is 0 Å². The Kier molecular flexibility index (Phi) is 7.07. The number of hydrogen-bond donors (Lipinski definition) is 3. The number of rotatable bonds is 8. The lowest BCUT2D eigenvalue weighted by molar-refractivity contribution is 0.0137. The number of hydrogen-bond acceptors (Lipinski definition) is 5. The Hall–Kier alpha value is -4.00. The fraction of sp³-hybridized carbons (Fsp3) is 0.200. The number of nitrogens with one attached hydrogen (secondary N) is 1. The fourth-order valence-corrected chi connectivity index (χ4v) is 4.74. The first kappa shape index (κ1) is 23.7. The number of fused-ring (bicyclic) bond motifs is 3. The number of alkyl carbamates (subject to hydrolysis) is 1. The molecule has 1 amide bonds. The third kappa shape index (κ3) is 5.00. The molecule has 6 nitrogen and oxygen atoms in total. The lowest BCUT2D eigenvalue weighted by atomic mass is 9.98. The normalized spacial score (nSPS) is 13.9. The fourth-order valence-electron chi connectivity index (χ4n) is 4.74. The van der Waals surface area contributed by atoms with Crippen LogP contribution in [0.3, 0.4) is 0 Å². The molecule has 0 fully saturated rings. The maximum atomic E-state index is 12.3. The van der Waals surface area contributed by atoms with Crippen LogP contribution in [0, 0.1) is 0 Å². The van der Waals surface area contributed by atoms with Crippen LogP contribution in [-0.2, 0) is 4.74 Å². The average Bonchev–Trinajstić information content (AvgIpc) is 3.25. The Labute approximate surface area is 210 Å². The lowest BCUT2D eigenvalue weighted by Crippen LogP contribution is -2.30. The Bertz CT molecular complexity index is 1280. The quantitative estimate of drug-likeness (QED) is 0.327. The summed E-state index contributed by atoms with van der Waals surface area (Å²) >= 11 is 0. The van der Waals surface area contributed by atoms with Crippen LogP contribution < -0.4 is 5.32 Å². The number of aromatic nitrogens is 1. The number of aliphatic hydroxyl groups is 2. The van der Waals surface area contributed by atoms with E-state index >= 15 is 0 Å². The van der Waals surface area contributed by atoms with Gasteiger partial charge in [0.1, 0.15) is 12.7 Å². The number of carbonyl (C=O) groups excluding carboxylic acids is 1. The van der Waals surface area contributed by atoms with E-state index in [0.29, 0.717) is 5.56 Å². The molecular formula is C30H28N2O4. The van der Waals surface area contributed by atoms with Gasteiger partial charge in [-0.15, -0.1) is 0 Å². The summed E-state index contributed by atoms with van der Waals surface area (Å²) in [5, 5.41) is 23.7. The van der Waals surface area contributed by atoms with Gasteiger partial charge in [-0.1, -0.05) is 78.9 Å². The van der Waals surface area contributed by atoms with Gasteiger partial charge < -0.3 is 20.3 Å². The van der Waals surface area contributed by atoms with Crippen molar-refractivity contribution >= 4 is 6.09 Å². The molecule has 1 aliphatic rings. The number of ether oxygens (including phenoxy) is 1. The minimum atomic E-state index is -1.06. The van der Waals surface area contributed by atoms with Gasteiger partial charge >= 0.3 is 6.09 Å². The van der Waals surface area contributed by atoms with E-state index in [-0.39, 0.29) is 25.5 Å². The Morgan fingerprint density at radius 2 is 1.50 bits per heavy atom. The molecule has 1 aromatic heterocycles. The van der Waals surface area contributed by atoms with E-state index in [2.05, 4.69) is 34.6 Å². The highest BCUT2D eigenvalue weighted by atomic mass is 16.5. The van der Waals surface area contributed by atoms with E-state index in [9.17, 15) is 15.0 Å². The molecule has 6 heteroatoms. The summed E-state index contributed by atoms with van der Waals surface area (Å²) in [6.45, 7) is 0.411. The SMILES string of the molecule is O=C(NCCC(O)C(O)c1ccc(-c2ccccn2)cc1)OCC1c2ccccc2-c2ccccc21. The molecule has 1 aliphatic carbocycles. The van der Waals surface area contributed by atoms with E-state index < -0.39 is 18.3 Å². The van der Waals surface area contributed by atoms with E-state index in [0.717, 1.165) is 22.4 Å². The maximum Gasteiger partial charge on any atom is 0.407 e. The van der Waals surface area contributed by atoms with E-state index in [4.69, 9.17) is 4.74 Å². The highest BCUT2D eigenvalue weighted by molar-refractivity contribution is 5.79. The van der Waals surface area contributed by atoms with Crippen molar-refractivity contribution in [2.75, 3.05) is 13.2 Å². The highest BCUT2D eigenvalue weighted by Crippen LogP contribution is 2.44. The number of nitrogens with zero attached hydrogens (tertiary/aromatic N) is 1. The highest BCUT2D eigenvalue weighted by Gasteiger charge is 2.29. The molecule has 3 N–H and O–H groups in total. The summed E-state index contributed by atoms with van der Waals surface area (Å²) in [5.41, 5.74) is 7.02. The molecular weight excluding hydrogens is 452 g/mol. The number of aliphatic hydroxyl groups excluding tert-OH is 2. The van der Waals surface area contributed by atoms with E-state index in [1.807, 2.05) is 54.6 Å². The van der Waals surface area contributed by atoms with Crippen molar-refractivity contribution in [3.05, 3.63) is 114 Å². The Morgan fingerprint density at radius 1 is 0.861 bits per heavy atom. The zero-order chi connectivity index (χ0) is 24.9. The molecule has 3 aromatic carbocycles. The molecule has 4 aromatic rings. The van der Waals surface area contributed by atoms with Crippen LogP contribution in [0.25, 0.3) is 22.4 Å². The molecule has 0 radical (unpaired) electrons. The van der Waals surface area contributed by atoms with Crippen molar-refractivity contribution < 1.29 is 19.7 Å². The molecule has 36 heavy (non-hydrogen) atoms. The number of benzene rings is 3. The largest absolute Gasteiger partial charge is 0.449 e. The average molecular weight is 481 g/mol. The number of amides is 1. The second-order valence-corrected chi connectivity index (χ2v) is 8.89. The molecule has 2 unspecified atom stereocenters. The predicted molar refractivity (Wildman–Crippen MR) is 138 cm³/mol. The maximum absolute atomic E-state index is 12.3. The molecule has 0 saturated carbocycles. The number of pyridine rings is 1. The molecule has 5 rings (SSSR count). The van der Waals surface area contributed by atoms with Crippen molar-refractivity contribution in [1.82, 2.24) is 10.3 Å². The van der Waals surface area contributed by atoms with Crippen LogP contribution in [-0.4, -0.2) is 40.5 Å². The minimum absolute atomic E-state index is 0.00961. The topological polar surface area (TPSA) is 91.7 Å². The minimum Gasteiger partial charge on any atom is -0.449 e. The van der Waals surface area contributed by atoms with Crippen LogP contribution in [0.15, 0.2) is 97.2 Å². The molecule has 2 atom stereocenters. The zero-order valence-electron chi connectivity index (χ0n) is 19.7. The first-order chi connectivity index (χ1) is 17.6. The van der Waals surface area contributed by atoms with Gasteiger partial charge in [0.25, 0.3) is 0 Å². The summed E-state index contributed by atoms with van der Waals surface area (Å²) in [6.07, 6.45) is -0.719. The summed E-state index contributed by atoms with van der Waals surface area (Å²) in [6, 6.07) is 29.3. The second-order valence-electron chi connectivity index (χ2n) is 8.89. The van der Waals surface area contributed by atoms with Gasteiger partial charge in [-0.05, 0) is 46.4 Å². The predicted octanol–water partition coefficient (Wildman–Crippen LogP) is 5.07. The smallest absolute Gasteiger partial charge is 0.407 e. The monoisotopic (exact) mass is 480 g/mol.